The van der Waals surface area contributed by atoms with Crippen molar-refractivity contribution in [1.29, 1.82) is 0 Å². The van der Waals surface area contributed by atoms with Gasteiger partial charge < -0.3 is 15.0 Å². The summed E-state index contributed by atoms with van der Waals surface area (Å²) in [6, 6.07) is 22.3. The van der Waals surface area contributed by atoms with Crippen LogP contribution in [0.15, 0.2) is 78.9 Å². The third-order valence-electron chi connectivity index (χ3n) is 5.48. The molecule has 0 aliphatic rings. The first-order valence-electron chi connectivity index (χ1n) is 11.0. The second-order valence-electron chi connectivity index (χ2n) is 7.75. The fourth-order valence-electron chi connectivity index (χ4n) is 3.56. The molecule has 0 unspecified atom stereocenters. The zero-order valence-electron chi connectivity index (χ0n) is 19.0. The van der Waals surface area contributed by atoms with Crippen molar-refractivity contribution in [2.24, 2.45) is 0 Å². The quantitative estimate of drug-likeness (QED) is 0.507. The minimum atomic E-state index is -0.749. The van der Waals surface area contributed by atoms with E-state index in [1.807, 2.05) is 54.6 Å². The van der Waals surface area contributed by atoms with Crippen molar-refractivity contribution in [3.8, 4) is 5.75 Å². The standard InChI is InChI=1S/C27H29FN2O3/c1-3-20-11-15-24(16-12-20)33-19-26(31)30(18-22-9-13-23(28)14-10-22)25(27(32)29-2)17-21-7-5-4-6-8-21/h4-16,25H,3,17-19H2,1-2H3,(H,29,32)/t25-/m1/s1. The topological polar surface area (TPSA) is 58.6 Å². The van der Waals surface area contributed by atoms with Gasteiger partial charge in [0.1, 0.15) is 17.6 Å². The summed E-state index contributed by atoms with van der Waals surface area (Å²) in [5.74, 6) is -0.380. The summed E-state index contributed by atoms with van der Waals surface area (Å²) in [5, 5.41) is 2.67. The molecule has 0 saturated carbocycles. The summed E-state index contributed by atoms with van der Waals surface area (Å²) in [7, 11) is 1.55. The van der Waals surface area contributed by atoms with Gasteiger partial charge in [-0.25, -0.2) is 4.39 Å². The first-order chi connectivity index (χ1) is 16.0. The van der Waals surface area contributed by atoms with Gasteiger partial charge in [0, 0.05) is 20.0 Å². The minimum Gasteiger partial charge on any atom is -0.484 e. The second kappa shape index (κ2) is 11.8. The number of halogens is 1. The number of carbonyl (C=O) groups is 2. The number of hydrogen-bond acceptors (Lipinski definition) is 3. The smallest absolute Gasteiger partial charge is 0.261 e. The maximum absolute atomic E-state index is 13.4. The van der Waals surface area contributed by atoms with Crippen LogP contribution in [0.3, 0.4) is 0 Å². The van der Waals surface area contributed by atoms with E-state index in [0.717, 1.165) is 17.5 Å². The number of nitrogens with one attached hydrogen (secondary N) is 1. The van der Waals surface area contributed by atoms with Crippen LogP contribution in [0.25, 0.3) is 0 Å². The molecule has 33 heavy (non-hydrogen) atoms. The van der Waals surface area contributed by atoms with Crippen molar-refractivity contribution in [2.45, 2.75) is 32.4 Å². The van der Waals surface area contributed by atoms with Crippen LogP contribution in [0, 0.1) is 5.82 Å². The Labute approximate surface area is 194 Å². The maximum atomic E-state index is 13.4. The van der Waals surface area contributed by atoms with Crippen LogP contribution in [0.5, 0.6) is 5.75 Å². The van der Waals surface area contributed by atoms with Gasteiger partial charge in [-0.3, -0.25) is 9.59 Å². The van der Waals surface area contributed by atoms with Gasteiger partial charge >= 0.3 is 0 Å². The van der Waals surface area contributed by atoms with Gasteiger partial charge in [0.2, 0.25) is 5.91 Å². The monoisotopic (exact) mass is 448 g/mol. The number of hydrogen-bond donors (Lipinski definition) is 1. The van der Waals surface area contributed by atoms with Gasteiger partial charge in [-0.05, 0) is 47.4 Å². The highest BCUT2D eigenvalue weighted by Gasteiger charge is 2.30. The van der Waals surface area contributed by atoms with E-state index >= 15 is 0 Å². The van der Waals surface area contributed by atoms with Crippen molar-refractivity contribution in [3.05, 3.63) is 101 Å². The van der Waals surface area contributed by atoms with Crippen LogP contribution in [0.1, 0.15) is 23.6 Å². The Hall–Kier alpha value is -3.67. The molecule has 0 bridgehead atoms. The van der Waals surface area contributed by atoms with Crippen molar-refractivity contribution in [3.63, 3.8) is 0 Å². The molecular weight excluding hydrogens is 419 g/mol. The van der Waals surface area contributed by atoms with Gasteiger partial charge in [-0.2, -0.15) is 0 Å². The molecule has 2 amide bonds. The average Bonchev–Trinajstić information content (AvgIpc) is 2.86. The summed E-state index contributed by atoms with van der Waals surface area (Å²) in [6.45, 7) is 2.01. The van der Waals surface area contributed by atoms with Crippen molar-refractivity contribution in [1.82, 2.24) is 10.2 Å². The molecule has 5 nitrogen and oxygen atoms in total. The molecule has 0 aromatic heterocycles. The maximum Gasteiger partial charge on any atom is 0.261 e. The predicted molar refractivity (Wildman–Crippen MR) is 126 cm³/mol. The fourth-order valence-corrected chi connectivity index (χ4v) is 3.56. The number of ether oxygens (including phenoxy) is 1. The van der Waals surface area contributed by atoms with E-state index in [2.05, 4.69) is 12.2 Å². The lowest BCUT2D eigenvalue weighted by Gasteiger charge is -2.31. The highest BCUT2D eigenvalue weighted by Crippen LogP contribution is 2.17. The summed E-state index contributed by atoms with van der Waals surface area (Å²) in [5.41, 5.74) is 2.83. The molecule has 0 heterocycles. The zero-order chi connectivity index (χ0) is 23.6. The minimum absolute atomic E-state index is 0.155. The summed E-state index contributed by atoms with van der Waals surface area (Å²) >= 11 is 0. The highest BCUT2D eigenvalue weighted by molar-refractivity contribution is 5.88. The Bertz CT molecular complexity index is 1040. The predicted octanol–water partition coefficient (Wildman–Crippen LogP) is 4.15. The molecule has 0 aliphatic heterocycles. The Balaban J connectivity index is 1.84. The molecule has 1 atom stereocenters. The van der Waals surface area contributed by atoms with Crippen LogP contribution >= 0.6 is 0 Å². The Morgan fingerprint density at radius 1 is 0.909 bits per heavy atom. The van der Waals surface area contributed by atoms with Gasteiger partial charge in [0.15, 0.2) is 6.61 Å². The molecule has 6 heteroatoms. The molecule has 172 valence electrons. The third-order valence-corrected chi connectivity index (χ3v) is 5.48. The highest BCUT2D eigenvalue weighted by atomic mass is 19.1. The molecule has 0 spiro atoms. The van der Waals surface area contributed by atoms with Crippen molar-refractivity contribution >= 4 is 11.8 Å². The number of amides is 2. The van der Waals surface area contributed by atoms with Crippen LogP contribution in [-0.2, 0) is 29.0 Å². The number of aryl methyl sites for hydroxylation is 1. The van der Waals surface area contributed by atoms with Crippen molar-refractivity contribution in [2.75, 3.05) is 13.7 Å². The van der Waals surface area contributed by atoms with E-state index < -0.39 is 6.04 Å². The van der Waals surface area contributed by atoms with E-state index in [1.165, 1.54) is 22.6 Å². The number of likely N-dealkylation sites (N-methyl/N-ethyl adjacent to an activating group) is 1. The largest absolute Gasteiger partial charge is 0.484 e. The van der Waals surface area contributed by atoms with E-state index in [-0.39, 0.29) is 30.8 Å². The van der Waals surface area contributed by atoms with Crippen LogP contribution in [-0.4, -0.2) is 36.4 Å². The normalized spacial score (nSPS) is 11.5. The second-order valence-corrected chi connectivity index (χ2v) is 7.75. The molecule has 3 rings (SSSR count). The van der Waals surface area contributed by atoms with E-state index in [9.17, 15) is 14.0 Å². The summed E-state index contributed by atoms with van der Waals surface area (Å²) in [4.78, 5) is 27.7. The molecule has 0 radical (unpaired) electrons. The summed E-state index contributed by atoms with van der Waals surface area (Å²) in [6.07, 6.45) is 1.26. The fraction of sp³-hybridized carbons (Fsp3) is 0.259. The Morgan fingerprint density at radius 2 is 1.55 bits per heavy atom. The van der Waals surface area contributed by atoms with E-state index in [4.69, 9.17) is 4.74 Å². The van der Waals surface area contributed by atoms with Crippen LogP contribution < -0.4 is 10.1 Å². The molecular formula is C27H29FN2O3. The third kappa shape index (κ3) is 6.91. The molecule has 1 N–H and O–H groups in total. The molecule has 0 fully saturated rings. The van der Waals surface area contributed by atoms with Gasteiger partial charge in [-0.1, -0.05) is 61.5 Å². The number of rotatable bonds is 10. The van der Waals surface area contributed by atoms with Crippen LogP contribution in [0.2, 0.25) is 0 Å². The first-order valence-corrected chi connectivity index (χ1v) is 11.0. The van der Waals surface area contributed by atoms with E-state index in [1.54, 1.807) is 19.2 Å². The number of carbonyl (C=O) groups excluding carboxylic acids is 2. The molecule has 0 aliphatic carbocycles. The Kier molecular flexibility index (Phi) is 8.58. The molecule has 0 saturated heterocycles. The lowest BCUT2D eigenvalue weighted by atomic mass is 10.0. The molecule has 3 aromatic carbocycles. The van der Waals surface area contributed by atoms with E-state index in [0.29, 0.717) is 12.2 Å². The molecule has 3 aromatic rings. The lowest BCUT2D eigenvalue weighted by molar-refractivity contribution is -0.142. The zero-order valence-corrected chi connectivity index (χ0v) is 19.0. The SMILES string of the molecule is CCc1ccc(OCC(=O)N(Cc2ccc(F)cc2)[C@H](Cc2ccccc2)C(=O)NC)cc1. The van der Waals surface area contributed by atoms with Gasteiger partial charge in [0.25, 0.3) is 5.91 Å². The number of benzene rings is 3. The van der Waals surface area contributed by atoms with Crippen molar-refractivity contribution < 1.29 is 18.7 Å². The van der Waals surface area contributed by atoms with Crippen LogP contribution in [0.4, 0.5) is 4.39 Å². The first kappa shape index (κ1) is 24.0. The Morgan fingerprint density at radius 3 is 2.15 bits per heavy atom. The average molecular weight is 449 g/mol. The number of nitrogens with zero attached hydrogens (tertiary/aromatic N) is 1. The van der Waals surface area contributed by atoms with Gasteiger partial charge in [0.05, 0.1) is 0 Å². The lowest BCUT2D eigenvalue weighted by Crippen LogP contribution is -2.51. The summed E-state index contributed by atoms with van der Waals surface area (Å²) < 4.78 is 19.1. The van der Waals surface area contributed by atoms with Gasteiger partial charge in [-0.15, -0.1) is 0 Å².